The standard InChI is InChI=1S/C29H32N6O3/c1-33(17-18-36)15-6-10-27(37)34-16-5-7-23(20-34)35-29-26(19-32-35)28(30-21-31-29)22-11-13-25(14-12-22)38-24-8-3-2-4-9-24/h2-4,6,8-14,19,21,23,36H,5,7,15-18,20H2,1H3/b10-6+. The minimum Gasteiger partial charge on any atom is -0.457 e. The highest BCUT2D eigenvalue weighted by atomic mass is 16.5. The summed E-state index contributed by atoms with van der Waals surface area (Å²) in [4.78, 5) is 25.7. The van der Waals surface area contributed by atoms with Crippen molar-refractivity contribution in [3.8, 4) is 22.8 Å². The molecule has 196 valence electrons. The number of ether oxygens (including phenoxy) is 1. The number of benzene rings is 2. The Morgan fingerprint density at radius 3 is 2.71 bits per heavy atom. The smallest absolute Gasteiger partial charge is 0.246 e. The van der Waals surface area contributed by atoms with Gasteiger partial charge in [0.15, 0.2) is 5.65 Å². The van der Waals surface area contributed by atoms with Crippen LogP contribution in [0, 0.1) is 0 Å². The highest BCUT2D eigenvalue weighted by Gasteiger charge is 2.26. The highest BCUT2D eigenvalue weighted by molar-refractivity contribution is 5.90. The molecule has 0 aliphatic carbocycles. The zero-order valence-corrected chi connectivity index (χ0v) is 21.5. The van der Waals surface area contributed by atoms with Gasteiger partial charge in [0.05, 0.1) is 29.9 Å². The van der Waals surface area contributed by atoms with Gasteiger partial charge in [-0.3, -0.25) is 4.79 Å². The van der Waals surface area contributed by atoms with Crippen molar-refractivity contribution in [2.45, 2.75) is 18.9 Å². The molecule has 1 saturated heterocycles. The summed E-state index contributed by atoms with van der Waals surface area (Å²) < 4.78 is 7.85. The second-order valence-electron chi connectivity index (χ2n) is 9.46. The lowest BCUT2D eigenvalue weighted by Gasteiger charge is -2.32. The molecule has 2 aromatic heterocycles. The predicted molar refractivity (Wildman–Crippen MR) is 146 cm³/mol. The van der Waals surface area contributed by atoms with Crippen LogP contribution in [-0.2, 0) is 4.79 Å². The van der Waals surface area contributed by atoms with Crippen LogP contribution in [0.25, 0.3) is 22.3 Å². The maximum Gasteiger partial charge on any atom is 0.246 e. The molecular weight excluding hydrogens is 480 g/mol. The summed E-state index contributed by atoms with van der Waals surface area (Å²) in [5.74, 6) is 1.54. The number of carbonyl (C=O) groups excluding carboxylic acids is 1. The topological polar surface area (TPSA) is 96.6 Å². The number of nitrogens with zero attached hydrogens (tertiary/aromatic N) is 6. The van der Waals surface area contributed by atoms with Crippen molar-refractivity contribution >= 4 is 16.9 Å². The summed E-state index contributed by atoms with van der Waals surface area (Å²) in [6.45, 7) is 2.60. The van der Waals surface area contributed by atoms with E-state index >= 15 is 0 Å². The number of hydrogen-bond donors (Lipinski definition) is 1. The summed E-state index contributed by atoms with van der Waals surface area (Å²) in [7, 11) is 1.91. The van der Waals surface area contributed by atoms with Gasteiger partial charge in [-0.2, -0.15) is 5.10 Å². The number of likely N-dealkylation sites (tertiary alicyclic amines) is 1. The van der Waals surface area contributed by atoms with Crippen LogP contribution in [-0.4, -0.2) is 80.4 Å². The van der Waals surface area contributed by atoms with Gasteiger partial charge in [0.25, 0.3) is 0 Å². The van der Waals surface area contributed by atoms with Crippen LogP contribution in [0.1, 0.15) is 18.9 Å². The van der Waals surface area contributed by atoms with Crippen LogP contribution < -0.4 is 4.74 Å². The zero-order valence-electron chi connectivity index (χ0n) is 21.5. The zero-order chi connectivity index (χ0) is 26.3. The Kier molecular flexibility index (Phi) is 8.06. The van der Waals surface area contributed by atoms with Gasteiger partial charge in [0, 0.05) is 37.8 Å². The number of piperidine rings is 1. The summed E-state index contributed by atoms with van der Waals surface area (Å²) >= 11 is 0. The second kappa shape index (κ2) is 12.0. The molecule has 9 nitrogen and oxygen atoms in total. The molecule has 3 heterocycles. The molecule has 0 radical (unpaired) electrons. The van der Waals surface area contributed by atoms with Gasteiger partial charge in [-0.25, -0.2) is 14.6 Å². The van der Waals surface area contributed by atoms with Crippen LogP contribution in [0.15, 0.2) is 79.3 Å². The van der Waals surface area contributed by atoms with Crippen molar-refractivity contribution in [2.24, 2.45) is 0 Å². The molecule has 1 aliphatic rings. The molecule has 1 amide bonds. The van der Waals surface area contributed by atoms with Crippen molar-refractivity contribution in [1.29, 1.82) is 0 Å². The molecule has 1 atom stereocenters. The summed E-state index contributed by atoms with van der Waals surface area (Å²) in [5.41, 5.74) is 2.53. The molecule has 0 saturated carbocycles. The van der Waals surface area contributed by atoms with Crippen molar-refractivity contribution in [3.63, 3.8) is 0 Å². The Labute approximate surface area is 222 Å². The highest BCUT2D eigenvalue weighted by Crippen LogP contribution is 2.31. The monoisotopic (exact) mass is 512 g/mol. The number of hydrogen-bond acceptors (Lipinski definition) is 7. The third-order valence-electron chi connectivity index (χ3n) is 6.71. The van der Waals surface area contributed by atoms with E-state index in [0.29, 0.717) is 19.6 Å². The number of aromatic nitrogens is 4. The maximum absolute atomic E-state index is 12.8. The summed E-state index contributed by atoms with van der Waals surface area (Å²) in [6.07, 6.45) is 8.69. The molecule has 0 bridgehead atoms. The lowest BCUT2D eigenvalue weighted by molar-refractivity contribution is -0.127. The average molecular weight is 513 g/mol. The van der Waals surface area contributed by atoms with Gasteiger partial charge < -0.3 is 19.6 Å². The first-order chi connectivity index (χ1) is 18.6. The molecule has 38 heavy (non-hydrogen) atoms. The molecule has 1 aliphatic heterocycles. The minimum absolute atomic E-state index is 0.00307. The van der Waals surface area contributed by atoms with Crippen LogP contribution in [0.4, 0.5) is 0 Å². The number of aliphatic hydroxyl groups is 1. The van der Waals surface area contributed by atoms with Gasteiger partial charge in [-0.05, 0) is 56.3 Å². The van der Waals surface area contributed by atoms with E-state index in [9.17, 15) is 4.79 Å². The molecular formula is C29H32N6O3. The Bertz CT molecular complexity index is 1390. The minimum atomic E-state index is -0.00307. The fraction of sp³-hybridized carbons (Fsp3) is 0.310. The molecule has 4 aromatic rings. The SMILES string of the molecule is CN(C/C=C/C(=O)N1CCCC(n2ncc3c(-c4ccc(Oc5ccccc5)cc4)ncnc32)C1)CCO. The van der Waals surface area contributed by atoms with E-state index in [2.05, 4.69) is 15.1 Å². The number of aliphatic hydroxyl groups excluding tert-OH is 1. The van der Waals surface area contributed by atoms with Crippen LogP contribution in [0.2, 0.25) is 0 Å². The van der Waals surface area contributed by atoms with E-state index in [4.69, 9.17) is 9.84 Å². The number of amides is 1. The van der Waals surface area contributed by atoms with E-state index in [1.807, 2.05) is 88.4 Å². The Morgan fingerprint density at radius 2 is 1.92 bits per heavy atom. The first-order valence-electron chi connectivity index (χ1n) is 12.9. The first-order valence-corrected chi connectivity index (χ1v) is 12.9. The van der Waals surface area contributed by atoms with E-state index in [1.54, 1.807) is 12.4 Å². The van der Waals surface area contributed by atoms with Crippen LogP contribution in [0.3, 0.4) is 0 Å². The van der Waals surface area contributed by atoms with E-state index in [0.717, 1.165) is 53.2 Å². The number of fused-ring (bicyclic) bond motifs is 1. The summed E-state index contributed by atoms with van der Waals surface area (Å²) in [5, 5.41) is 14.6. The molecule has 5 rings (SSSR count). The fourth-order valence-corrected chi connectivity index (χ4v) is 4.72. The molecule has 0 spiro atoms. The average Bonchev–Trinajstić information content (AvgIpc) is 3.39. The molecule has 1 N–H and O–H groups in total. The Morgan fingerprint density at radius 1 is 1.13 bits per heavy atom. The Hall–Kier alpha value is -4.08. The number of carbonyl (C=O) groups is 1. The maximum atomic E-state index is 12.8. The second-order valence-corrected chi connectivity index (χ2v) is 9.46. The van der Waals surface area contributed by atoms with Crippen molar-refractivity contribution in [1.82, 2.24) is 29.5 Å². The van der Waals surface area contributed by atoms with Gasteiger partial charge in [0.2, 0.25) is 5.91 Å². The summed E-state index contributed by atoms with van der Waals surface area (Å²) in [6, 6.07) is 17.6. The molecule has 1 fully saturated rings. The van der Waals surface area contributed by atoms with Crippen molar-refractivity contribution < 1.29 is 14.6 Å². The van der Waals surface area contributed by atoms with E-state index < -0.39 is 0 Å². The van der Waals surface area contributed by atoms with Crippen LogP contribution >= 0.6 is 0 Å². The van der Waals surface area contributed by atoms with Crippen molar-refractivity contribution in [2.75, 3.05) is 39.8 Å². The van der Waals surface area contributed by atoms with E-state index in [1.165, 1.54) is 0 Å². The first kappa shape index (κ1) is 25.6. The van der Waals surface area contributed by atoms with Crippen molar-refractivity contribution in [3.05, 3.63) is 79.3 Å². The van der Waals surface area contributed by atoms with Gasteiger partial charge >= 0.3 is 0 Å². The number of rotatable bonds is 9. The molecule has 1 unspecified atom stereocenters. The quantitative estimate of drug-likeness (QED) is 0.340. The third kappa shape index (κ3) is 5.90. The van der Waals surface area contributed by atoms with Crippen LogP contribution in [0.5, 0.6) is 11.5 Å². The number of likely N-dealkylation sites (N-methyl/N-ethyl adjacent to an activating group) is 1. The predicted octanol–water partition coefficient (Wildman–Crippen LogP) is 3.93. The lowest BCUT2D eigenvalue weighted by atomic mass is 10.1. The third-order valence-corrected chi connectivity index (χ3v) is 6.71. The van der Waals surface area contributed by atoms with Gasteiger partial charge in [0.1, 0.15) is 17.8 Å². The number of para-hydroxylation sites is 1. The van der Waals surface area contributed by atoms with Gasteiger partial charge in [-0.15, -0.1) is 0 Å². The lowest BCUT2D eigenvalue weighted by Crippen LogP contribution is -2.40. The van der Waals surface area contributed by atoms with E-state index in [-0.39, 0.29) is 18.6 Å². The molecule has 2 aromatic carbocycles. The fourth-order valence-electron chi connectivity index (χ4n) is 4.72. The van der Waals surface area contributed by atoms with Gasteiger partial charge in [-0.1, -0.05) is 24.3 Å². The normalized spacial score (nSPS) is 16.0. The Balaban J connectivity index is 1.30. The molecule has 9 heteroatoms. The largest absolute Gasteiger partial charge is 0.457 e.